The van der Waals surface area contributed by atoms with E-state index in [0.717, 1.165) is 10.2 Å². The lowest BCUT2D eigenvalue weighted by atomic mass is 10.3. The summed E-state index contributed by atoms with van der Waals surface area (Å²) in [6, 6.07) is 7.70. The zero-order valence-corrected chi connectivity index (χ0v) is 8.00. The van der Waals surface area contributed by atoms with Crippen LogP contribution in [0.15, 0.2) is 29.1 Å². The molecule has 3 nitrogen and oxygen atoms in total. The van der Waals surface area contributed by atoms with Crippen molar-refractivity contribution in [3.8, 4) is 0 Å². The highest BCUT2D eigenvalue weighted by molar-refractivity contribution is 7.16. The van der Waals surface area contributed by atoms with Crippen LogP contribution in [0.1, 0.15) is 0 Å². The van der Waals surface area contributed by atoms with Crippen molar-refractivity contribution < 1.29 is 4.74 Å². The molecule has 2 aromatic rings. The molecule has 1 heterocycles. The van der Waals surface area contributed by atoms with Gasteiger partial charge in [-0.25, -0.2) is 0 Å². The highest BCUT2D eigenvalue weighted by Gasteiger charge is 2.04. The molecule has 0 bridgehead atoms. The summed E-state index contributed by atoms with van der Waals surface area (Å²) >= 11 is 1.25. The fourth-order valence-electron chi connectivity index (χ4n) is 1.27. The van der Waals surface area contributed by atoms with Crippen LogP contribution in [0.25, 0.3) is 10.2 Å². The first kappa shape index (κ1) is 8.47. The van der Waals surface area contributed by atoms with Crippen LogP contribution >= 0.6 is 11.3 Å². The SMILES string of the molecule is COCn1c(=O)sc2ccccc21. The zero-order chi connectivity index (χ0) is 9.26. The molecule has 0 aliphatic heterocycles. The third-order valence-corrected chi connectivity index (χ3v) is 2.79. The number of thiazole rings is 1. The number of hydrogen-bond acceptors (Lipinski definition) is 3. The minimum atomic E-state index is 0.0306. The van der Waals surface area contributed by atoms with E-state index in [1.165, 1.54) is 11.3 Å². The highest BCUT2D eigenvalue weighted by atomic mass is 32.1. The van der Waals surface area contributed by atoms with E-state index in [1.54, 1.807) is 11.7 Å². The Morgan fingerprint density at radius 2 is 2.23 bits per heavy atom. The number of para-hydroxylation sites is 1. The van der Waals surface area contributed by atoms with Crippen molar-refractivity contribution >= 4 is 21.6 Å². The maximum atomic E-state index is 11.4. The largest absolute Gasteiger partial charge is 0.364 e. The quantitative estimate of drug-likeness (QED) is 0.729. The van der Waals surface area contributed by atoms with Crippen molar-refractivity contribution in [3.05, 3.63) is 33.9 Å². The van der Waals surface area contributed by atoms with E-state index in [2.05, 4.69) is 0 Å². The van der Waals surface area contributed by atoms with Crippen LogP contribution in [0.5, 0.6) is 0 Å². The van der Waals surface area contributed by atoms with E-state index >= 15 is 0 Å². The summed E-state index contributed by atoms with van der Waals surface area (Å²) < 4.78 is 7.57. The van der Waals surface area contributed by atoms with E-state index < -0.39 is 0 Å². The second-order valence-electron chi connectivity index (χ2n) is 2.68. The molecule has 1 aromatic carbocycles. The Hall–Kier alpha value is -1.13. The molecule has 0 spiro atoms. The number of nitrogens with zero attached hydrogens (tertiary/aromatic N) is 1. The van der Waals surface area contributed by atoms with E-state index in [0.29, 0.717) is 6.73 Å². The Labute approximate surface area is 79.2 Å². The van der Waals surface area contributed by atoms with Gasteiger partial charge >= 0.3 is 4.87 Å². The first-order valence-electron chi connectivity index (χ1n) is 3.90. The molecule has 0 aliphatic carbocycles. The third-order valence-electron chi connectivity index (χ3n) is 1.83. The molecular weight excluding hydrogens is 186 g/mol. The normalized spacial score (nSPS) is 10.8. The van der Waals surface area contributed by atoms with Crippen molar-refractivity contribution in [3.63, 3.8) is 0 Å². The van der Waals surface area contributed by atoms with Gasteiger partial charge in [-0.3, -0.25) is 9.36 Å². The second-order valence-corrected chi connectivity index (χ2v) is 3.67. The molecule has 0 atom stereocenters. The predicted octanol–water partition coefficient (Wildman–Crippen LogP) is 1.67. The van der Waals surface area contributed by atoms with Crippen molar-refractivity contribution in [2.45, 2.75) is 6.73 Å². The van der Waals surface area contributed by atoms with Crippen LogP contribution in [0.4, 0.5) is 0 Å². The minimum Gasteiger partial charge on any atom is -0.364 e. The molecule has 0 unspecified atom stereocenters. The smallest absolute Gasteiger partial charge is 0.310 e. The van der Waals surface area contributed by atoms with Gasteiger partial charge in [-0.05, 0) is 12.1 Å². The summed E-state index contributed by atoms with van der Waals surface area (Å²) in [5.74, 6) is 0. The molecular formula is C9H9NO2S. The molecule has 0 saturated carbocycles. The molecule has 2 rings (SSSR count). The van der Waals surface area contributed by atoms with E-state index in [1.807, 2.05) is 24.3 Å². The second kappa shape index (κ2) is 3.32. The van der Waals surface area contributed by atoms with Crippen LogP contribution in [0.3, 0.4) is 0 Å². The molecule has 0 saturated heterocycles. The maximum absolute atomic E-state index is 11.4. The highest BCUT2D eigenvalue weighted by Crippen LogP contribution is 2.15. The third kappa shape index (κ3) is 1.38. The average Bonchev–Trinajstić information content (AvgIpc) is 2.44. The molecule has 4 heteroatoms. The summed E-state index contributed by atoms with van der Waals surface area (Å²) in [6.07, 6.45) is 0. The number of aromatic nitrogens is 1. The first-order chi connectivity index (χ1) is 6.33. The fraction of sp³-hybridized carbons (Fsp3) is 0.222. The first-order valence-corrected chi connectivity index (χ1v) is 4.72. The van der Waals surface area contributed by atoms with Crippen LogP contribution in [0, 0.1) is 0 Å². The van der Waals surface area contributed by atoms with Crippen molar-refractivity contribution in [2.24, 2.45) is 0 Å². The lowest BCUT2D eigenvalue weighted by Crippen LogP contribution is -2.13. The van der Waals surface area contributed by atoms with Crippen molar-refractivity contribution in [1.29, 1.82) is 0 Å². The lowest BCUT2D eigenvalue weighted by molar-refractivity contribution is 0.133. The molecule has 0 N–H and O–H groups in total. The molecule has 0 radical (unpaired) electrons. The van der Waals surface area contributed by atoms with Crippen molar-refractivity contribution in [1.82, 2.24) is 4.57 Å². The molecule has 0 amide bonds. The van der Waals surface area contributed by atoms with Gasteiger partial charge in [0.1, 0.15) is 6.73 Å². The number of fused-ring (bicyclic) bond motifs is 1. The van der Waals surface area contributed by atoms with Gasteiger partial charge in [-0.1, -0.05) is 23.5 Å². The molecule has 0 aliphatic rings. The summed E-state index contributed by atoms with van der Waals surface area (Å²) in [5.41, 5.74) is 0.944. The van der Waals surface area contributed by atoms with Gasteiger partial charge in [0.15, 0.2) is 0 Å². The Bertz CT molecular complexity index is 472. The Balaban J connectivity index is 2.71. The lowest BCUT2D eigenvalue weighted by Gasteiger charge is -1.99. The van der Waals surface area contributed by atoms with Gasteiger partial charge < -0.3 is 4.74 Å². The fourth-order valence-corrected chi connectivity index (χ4v) is 2.14. The van der Waals surface area contributed by atoms with Crippen LogP contribution in [-0.2, 0) is 11.5 Å². The number of ether oxygens (including phenoxy) is 1. The van der Waals surface area contributed by atoms with Gasteiger partial charge in [0.25, 0.3) is 0 Å². The van der Waals surface area contributed by atoms with Crippen molar-refractivity contribution in [2.75, 3.05) is 7.11 Å². The molecule has 0 fully saturated rings. The Kier molecular flexibility index (Phi) is 2.16. The van der Waals surface area contributed by atoms with Gasteiger partial charge in [0.05, 0.1) is 10.2 Å². The molecule has 68 valence electrons. The zero-order valence-electron chi connectivity index (χ0n) is 7.19. The number of methoxy groups -OCH3 is 1. The molecule has 1 aromatic heterocycles. The Morgan fingerprint density at radius 3 is 3.00 bits per heavy atom. The summed E-state index contributed by atoms with van der Waals surface area (Å²) in [7, 11) is 1.58. The maximum Gasteiger partial charge on any atom is 0.310 e. The Morgan fingerprint density at radius 1 is 1.46 bits per heavy atom. The van der Waals surface area contributed by atoms with Crippen LogP contribution < -0.4 is 4.87 Å². The molecule has 13 heavy (non-hydrogen) atoms. The van der Waals surface area contributed by atoms with Gasteiger partial charge in [0, 0.05) is 7.11 Å². The number of hydrogen-bond donors (Lipinski definition) is 0. The summed E-state index contributed by atoms with van der Waals surface area (Å²) in [5, 5.41) is 0. The summed E-state index contributed by atoms with van der Waals surface area (Å²) in [6.45, 7) is 0.322. The topological polar surface area (TPSA) is 31.2 Å². The van der Waals surface area contributed by atoms with Crippen LogP contribution in [-0.4, -0.2) is 11.7 Å². The van der Waals surface area contributed by atoms with E-state index in [9.17, 15) is 4.79 Å². The monoisotopic (exact) mass is 195 g/mol. The van der Waals surface area contributed by atoms with E-state index in [-0.39, 0.29) is 4.87 Å². The number of rotatable bonds is 2. The minimum absolute atomic E-state index is 0.0306. The average molecular weight is 195 g/mol. The number of benzene rings is 1. The standard InChI is InChI=1S/C9H9NO2S/c1-12-6-10-7-4-2-3-5-8(7)13-9(10)11/h2-5H,6H2,1H3. The van der Waals surface area contributed by atoms with Gasteiger partial charge in [-0.15, -0.1) is 0 Å². The van der Waals surface area contributed by atoms with Crippen LogP contribution in [0.2, 0.25) is 0 Å². The summed E-state index contributed by atoms with van der Waals surface area (Å²) in [4.78, 5) is 11.5. The van der Waals surface area contributed by atoms with Gasteiger partial charge in [-0.2, -0.15) is 0 Å². The predicted molar refractivity (Wildman–Crippen MR) is 53.1 cm³/mol. The van der Waals surface area contributed by atoms with Gasteiger partial charge in [0.2, 0.25) is 0 Å². The van der Waals surface area contributed by atoms with E-state index in [4.69, 9.17) is 4.74 Å².